The number of ether oxygens (including phenoxy) is 2. The van der Waals surface area contributed by atoms with Crippen molar-refractivity contribution in [1.82, 2.24) is 9.78 Å². The highest BCUT2D eigenvalue weighted by Gasteiger charge is 2.36. The molecule has 1 aromatic heterocycles. The normalized spacial score (nSPS) is 14.7. The molecule has 1 aliphatic rings. The maximum atomic E-state index is 13.7. The third-order valence-corrected chi connectivity index (χ3v) is 6.00. The van der Waals surface area contributed by atoms with Crippen LogP contribution in [-0.2, 0) is 28.9 Å². The van der Waals surface area contributed by atoms with E-state index in [1.807, 2.05) is 0 Å². The number of nitrogens with zero attached hydrogens (tertiary/aromatic N) is 2. The van der Waals surface area contributed by atoms with Crippen molar-refractivity contribution >= 4 is 16.9 Å². The number of hydrogen-bond donors (Lipinski definition) is 0. The van der Waals surface area contributed by atoms with Crippen molar-refractivity contribution in [2.45, 2.75) is 64.3 Å². The zero-order valence-corrected chi connectivity index (χ0v) is 18.5. The number of fused-ring (bicyclic) bond motifs is 1. The second-order valence-corrected chi connectivity index (χ2v) is 8.36. The van der Waals surface area contributed by atoms with Crippen LogP contribution in [0.15, 0.2) is 42.6 Å². The van der Waals surface area contributed by atoms with Crippen molar-refractivity contribution in [2.75, 3.05) is 6.61 Å². The number of alkyl halides is 3. The zero-order chi connectivity index (χ0) is 23.4. The van der Waals surface area contributed by atoms with Crippen LogP contribution < -0.4 is 4.74 Å². The van der Waals surface area contributed by atoms with Crippen LogP contribution in [0.3, 0.4) is 0 Å². The summed E-state index contributed by atoms with van der Waals surface area (Å²) < 4.78 is 53.5. The topological polar surface area (TPSA) is 53.4 Å². The van der Waals surface area contributed by atoms with Gasteiger partial charge in [-0.05, 0) is 61.1 Å². The molecular weight excluding hydrogens is 433 g/mol. The minimum atomic E-state index is -4.38. The number of halogens is 3. The predicted molar refractivity (Wildman–Crippen MR) is 118 cm³/mol. The maximum absolute atomic E-state index is 13.7. The molecule has 3 aromatic rings. The molecule has 4 rings (SSSR count). The van der Waals surface area contributed by atoms with Crippen LogP contribution in [0.5, 0.6) is 5.75 Å². The monoisotopic (exact) mass is 460 g/mol. The van der Waals surface area contributed by atoms with Crippen molar-refractivity contribution in [1.29, 1.82) is 0 Å². The van der Waals surface area contributed by atoms with E-state index in [4.69, 9.17) is 9.47 Å². The molecule has 0 unspecified atom stereocenters. The minimum Gasteiger partial charge on any atom is -0.489 e. The Balaban J connectivity index is 1.44. The van der Waals surface area contributed by atoms with E-state index < -0.39 is 11.7 Å². The Hall–Kier alpha value is -3.03. The van der Waals surface area contributed by atoms with E-state index in [1.54, 1.807) is 48.1 Å². The van der Waals surface area contributed by atoms with Crippen molar-refractivity contribution in [3.05, 3.63) is 59.3 Å². The number of rotatable bonds is 8. The van der Waals surface area contributed by atoms with Gasteiger partial charge in [0.1, 0.15) is 12.4 Å². The lowest BCUT2D eigenvalue weighted by atomic mass is 9.91. The highest BCUT2D eigenvalue weighted by Crippen LogP contribution is 2.42. The molecule has 1 aliphatic carbocycles. The molecular formula is C25H27F3N2O3. The largest absolute Gasteiger partial charge is 0.489 e. The lowest BCUT2D eigenvalue weighted by Gasteiger charge is -2.19. The summed E-state index contributed by atoms with van der Waals surface area (Å²) in [6.07, 6.45) is 1.23. The Morgan fingerprint density at radius 3 is 2.67 bits per heavy atom. The zero-order valence-electron chi connectivity index (χ0n) is 18.5. The Kier molecular flexibility index (Phi) is 6.91. The molecule has 0 atom stereocenters. The second-order valence-electron chi connectivity index (χ2n) is 8.36. The third kappa shape index (κ3) is 5.67. The van der Waals surface area contributed by atoms with E-state index >= 15 is 0 Å². The fourth-order valence-corrected chi connectivity index (χ4v) is 4.40. The second kappa shape index (κ2) is 9.85. The summed E-state index contributed by atoms with van der Waals surface area (Å²) in [5.74, 6) is 0.249. The Morgan fingerprint density at radius 2 is 1.94 bits per heavy atom. The van der Waals surface area contributed by atoms with Crippen LogP contribution in [0, 0.1) is 0 Å². The van der Waals surface area contributed by atoms with E-state index in [1.165, 1.54) is 6.07 Å². The Bertz CT molecular complexity index is 1120. The number of carbonyl (C=O) groups excluding carboxylic acids is 1. The van der Waals surface area contributed by atoms with Gasteiger partial charge in [-0.1, -0.05) is 25.0 Å². The fourth-order valence-electron chi connectivity index (χ4n) is 4.40. The van der Waals surface area contributed by atoms with E-state index in [2.05, 4.69) is 5.10 Å². The first kappa shape index (κ1) is 23.1. The first-order valence-corrected chi connectivity index (χ1v) is 11.3. The fraction of sp³-hybridized carbons (Fsp3) is 0.440. The van der Waals surface area contributed by atoms with Gasteiger partial charge in [0, 0.05) is 11.6 Å². The first-order valence-electron chi connectivity index (χ1n) is 11.3. The van der Waals surface area contributed by atoms with Crippen LogP contribution >= 0.6 is 0 Å². The molecule has 0 N–H and O–H groups in total. The predicted octanol–water partition coefficient (Wildman–Crippen LogP) is 6.24. The minimum absolute atomic E-state index is 0.0145. The summed E-state index contributed by atoms with van der Waals surface area (Å²) in [7, 11) is 0. The number of hydrogen-bond acceptors (Lipinski definition) is 4. The molecule has 1 saturated carbocycles. The SMILES string of the molecule is CCOC(=O)CCn1cc2cc(OCc3ccc(C4CCCC4)c(C(F)(F)F)c3)ccc2n1. The van der Waals surface area contributed by atoms with Gasteiger partial charge in [0.05, 0.1) is 30.7 Å². The molecule has 33 heavy (non-hydrogen) atoms. The smallest absolute Gasteiger partial charge is 0.416 e. The van der Waals surface area contributed by atoms with Crippen LogP contribution in [0.2, 0.25) is 0 Å². The lowest BCUT2D eigenvalue weighted by Crippen LogP contribution is -2.12. The number of aryl methyl sites for hydroxylation is 1. The maximum Gasteiger partial charge on any atom is 0.416 e. The lowest BCUT2D eigenvalue weighted by molar-refractivity contribution is -0.143. The van der Waals surface area contributed by atoms with Crippen LogP contribution in [-0.4, -0.2) is 22.4 Å². The van der Waals surface area contributed by atoms with Gasteiger partial charge in [0.25, 0.3) is 0 Å². The summed E-state index contributed by atoms with van der Waals surface area (Å²) >= 11 is 0. The average molecular weight is 460 g/mol. The number of benzene rings is 2. The van der Waals surface area contributed by atoms with Gasteiger partial charge in [-0.3, -0.25) is 9.48 Å². The van der Waals surface area contributed by atoms with Crippen LogP contribution in [0.1, 0.15) is 61.6 Å². The van der Waals surface area contributed by atoms with Crippen molar-refractivity contribution < 1.29 is 27.4 Å². The van der Waals surface area contributed by atoms with Crippen molar-refractivity contribution in [3.63, 3.8) is 0 Å². The third-order valence-electron chi connectivity index (χ3n) is 6.00. The molecule has 0 radical (unpaired) electrons. The first-order chi connectivity index (χ1) is 15.8. The molecule has 0 spiro atoms. The summed E-state index contributed by atoms with van der Waals surface area (Å²) in [5.41, 5.74) is 1.08. The van der Waals surface area contributed by atoms with Gasteiger partial charge in [0.15, 0.2) is 0 Å². The highest BCUT2D eigenvalue weighted by molar-refractivity contribution is 5.79. The van der Waals surface area contributed by atoms with E-state index in [9.17, 15) is 18.0 Å². The van der Waals surface area contributed by atoms with Gasteiger partial charge in [-0.15, -0.1) is 0 Å². The molecule has 1 fully saturated rings. The number of esters is 1. The van der Waals surface area contributed by atoms with Crippen molar-refractivity contribution in [3.8, 4) is 5.75 Å². The van der Waals surface area contributed by atoms with E-state index in [-0.39, 0.29) is 24.9 Å². The van der Waals surface area contributed by atoms with E-state index in [0.29, 0.717) is 30.0 Å². The summed E-state index contributed by atoms with van der Waals surface area (Å²) in [6.45, 7) is 2.54. The van der Waals surface area contributed by atoms with Crippen molar-refractivity contribution in [2.24, 2.45) is 0 Å². The molecule has 0 aliphatic heterocycles. The van der Waals surface area contributed by atoms with Crippen LogP contribution in [0.25, 0.3) is 10.9 Å². The summed E-state index contributed by atoms with van der Waals surface area (Å²) in [6, 6.07) is 9.89. The summed E-state index contributed by atoms with van der Waals surface area (Å²) in [4.78, 5) is 11.5. The van der Waals surface area contributed by atoms with E-state index in [0.717, 1.165) is 36.6 Å². The molecule has 1 heterocycles. The molecule has 2 aromatic carbocycles. The molecule has 5 nitrogen and oxygen atoms in total. The average Bonchev–Trinajstić information content (AvgIpc) is 3.45. The number of aromatic nitrogens is 2. The van der Waals surface area contributed by atoms with Gasteiger partial charge >= 0.3 is 12.1 Å². The summed E-state index contributed by atoms with van der Waals surface area (Å²) in [5, 5.41) is 5.24. The molecule has 0 saturated heterocycles. The molecule has 176 valence electrons. The number of carbonyl (C=O) groups is 1. The Labute approximate surface area is 190 Å². The molecule has 0 amide bonds. The molecule has 8 heteroatoms. The standard InChI is InChI=1S/C25H27F3N2O3/c1-2-32-24(31)11-12-30-15-19-14-20(8-10-23(19)29-30)33-16-17-7-9-21(18-5-3-4-6-18)22(13-17)25(26,27)28/h7-10,13-15,18H,2-6,11-12,16H2,1H3. The van der Waals surface area contributed by atoms with Crippen LogP contribution in [0.4, 0.5) is 13.2 Å². The Morgan fingerprint density at radius 1 is 1.15 bits per heavy atom. The highest BCUT2D eigenvalue weighted by atomic mass is 19.4. The van der Waals surface area contributed by atoms with Gasteiger partial charge in [-0.25, -0.2) is 0 Å². The molecule has 0 bridgehead atoms. The van der Waals surface area contributed by atoms with Gasteiger partial charge in [0.2, 0.25) is 0 Å². The van der Waals surface area contributed by atoms with Gasteiger partial charge < -0.3 is 9.47 Å². The quantitative estimate of drug-likeness (QED) is 0.373. The van der Waals surface area contributed by atoms with Gasteiger partial charge in [-0.2, -0.15) is 18.3 Å².